The van der Waals surface area contributed by atoms with E-state index >= 15 is 0 Å². The van der Waals surface area contributed by atoms with Crippen LogP contribution in [0.3, 0.4) is 0 Å². The van der Waals surface area contributed by atoms with E-state index in [9.17, 15) is 14.4 Å². The smallest absolute Gasteiger partial charge is 0.315 e. The molecule has 6 nitrogen and oxygen atoms in total. The van der Waals surface area contributed by atoms with Gasteiger partial charge in [-0.05, 0) is 19.8 Å². The second kappa shape index (κ2) is 5.48. The highest BCUT2D eigenvalue weighted by molar-refractivity contribution is 5.96. The van der Waals surface area contributed by atoms with Crippen LogP contribution in [0.5, 0.6) is 0 Å². The lowest BCUT2D eigenvalue weighted by Crippen LogP contribution is -2.44. The third-order valence-electron chi connectivity index (χ3n) is 2.50. The number of carbonyl (C=O) groups is 3. The number of nitrogens with two attached hydrogens (primary N) is 1. The van der Waals surface area contributed by atoms with Gasteiger partial charge in [-0.3, -0.25) is 14.4 Å². The third-order valence-corrected chi connectivity index (χ3v) is 2.50. The summed E-state index contributed by atoms with van der Waals surface area (Å²) in [6.07, 6.45) is 0.990. The minimum Gasteiger partial charge on any atom is -0.466 e. The molecule has 0 aliphatic carbocycles. The summed E-state index contributed by atoms with van der Waals surface area (Å²) in [5, 5.41) is 0. The zero-order chi connectivity index (χ0) is 12.1. The van der Waals surface area contributed by atoms with E-state index in [0.29, 0.717) is 13.0 Å². The molecule has 16 heavy (non-hydrogen) atoms. The van der Waals surface area contributed by atoms with Crippen LogP contribution in [-0.4, -0.2) is 41.9 Å². The topological polar surface area (TPSA) is 89.7 Å². The van der Waals surface area contributed by atoms with Gasteiger partial charge in [0.2, 0.25) is 11.8 Å². The van der Waals surface area contributed by atoms with Gasteiger partial charge >= 0.3 is 5.97 Å². The Balaban J connectivity index is 2.53. The third kappa shape index (κ3) is 2.95. The predicted molar refractivity (Wildman–Crippen MR) is 55.2 cm³/mol. The molecular formula is C10H16N2O4. The number of esters is 1. The number of primary amides is 1. The van der Waals surface area contributed by atoms with Crippen LogP contribution >= 0.6 is 0 Å². The molecule has 1 fully saturated rings. The van der Waals surface area contributed by atoms with Crippen molar-refractivity contribution < 1.29 is 19.1 Å². The molecule has 0 radical (unpaired) electrons. The molecule has 1 unspecified atom stereocenters. The van der Waals surface area contributed by atoms with E-state index in [1.54, 1.807) is 6.92 Å². The van der Waals surface area contributed by atoms with Crippen LogP contribution in [-0.2, 0) is 19.1 Å². The number of rotatable bonds is 4. The molecule has 0 aromatic rings. The number of likely N-dealkylation sites (tertiary alicyclic amines) is 1. The molecule has 1 saturated heterocycles. The number of amides is 2. The molecule has 0 aromatic heterocycles. The Kier molecular flexibility index (Phi) is 4.28. The number of nitrogens with zero attached hydrogens (tertiary/aromatic N) is 1. The highest BCUT2D eigenvalue weighted by atomic mass is 16.5. The van der Waals surface area contributed by atoms with Crippen molar-refractivity contribution in [1.29, 1.82) is 0 Å². The van der Waals surface area contributed by atoms with Gasteiger partial charge in [0.05, 0.1) is 6.61 Å². The van der Waals surface area contributed by atoms with Gasteiger partial charge < -0.3 is 15.4 Å². The molecule has 90 valence electrons. The van der Waals surface area contributed by atoms with Gasteiger partial charge in [-0.2, -0.15) is 0 Å². The van der Waals surface area contributed by atoms with Gasteiger partial charge in [-0.1, -0.05) is 0 Å². The Morgan fingerprint density at radius 3 is 2.69 bits per heavy atom. The van der Waals surface area contributed by atoms with Crippen molar-refractivity contribution in [3.8, 4) is 0 Å². The highest BCUT2D eigenvalue weighted by Gasteiger charge is 2.33. The van der Waals surface area contributed by atoms with Gasteiger partial charge in [0.25, 0.3) is 0 Å². The number of ether oxygens (including phenoxy) is 1. The van der Waals surface area contributed by atoms with Crippen molar-refractivity contribution in [1.82, 2.24) is 4.90 Å². The van der Waals surface area contributed by atoms with Crippen molar-refractivity contribution in [2.75, 3.05) is 13.2 Å². The average Bonchev–Trinajstić information content (AvgIpc) is 2.65. The summed E-state index contributed by atoms with van der Waals surface area (Å²) in [7, 11) is 0. The van der Waals surface area contributed by atoms with E-state index < -0.39 is 17.9 Å². The number of hydrogen-bond acceptors (Lipinski definition) is 4. The van der Waals surface area contributed by atoms with Crippen LogP contribution in [0.2, 0.25) is 0 Å². The van der Waals surface area contributed by atoms with Crippen LogP contribution in [0, 0.1) is 0 Å². The van der Waals surface area contributed by atoms with Crippen molar-refractivity contribution in [2.24, 2.45) is 5.73 Å². The number of hydrogen-bond donors (Lipinski definition) is 1. The summed E-state index contributed by atoms with van der Waals surface area (Å²) in [6, 6.07) is -0.568. The van der Waals surface area contributed by atoms with Crippen molar-refractivity contribution in [3.63, 3.8) is 0 Å². The SMILES string of the molecule is CCOC(=O)CC(=O)N1CCCC1C(N)=O. The molecule has 2 amide bonds. The first-order valence-electron chi connectivity index (χ1n) is 5.30. The quantitative estimate of drug-likeness (QED) is 0.514. The van der Waals surface area contributed by atoms with E-state index in [1.807, 2.05) is 0 Å². The molecule has 1 heterocycles. The normalized spacial score (nSPS) is 19.6. The molecule has 1 aliphatic rings. The second-order valence-corrected chi connectivity index (χ2v) is 3.63. The lowest BCUT2D eigenvalue weighted by Gasteiger charge is -2.21. The lowest BCUT2D eigenvalue weighted by atomic mass is 10.2. The molecule has 1 rings (SSSR count). The van der Waals surface area contributed by atoms with E-state index in [4.69, 9.17) is 5.73 Å². The van der Waals surface area contributed by atoms with Gasteiger partial charge in [0, 0.05) is 6.54 Å². The molecule has 2 N–H and O–H groups in total. The summed E-state index contributed by atoms with van der Waals surface area (Å²) >= 11 is 0. The monoisotopic (exact) mass is 228 g/mol. The maximum absolute atomic E-state index is 11.7. The first-order valence-corrected chi connectivity index (χ1v) is 5.30. The minimum absolute atomic E-state index is 0.241. The molecule has 0 aromatic carbocycles. The Labute approximate surface area is 93.7 Å². The van der Waals surface area contributed by atoms with Crippen LogP contribution in [0.15, 0.2) is 0 Å². The van der Waals surface area contributed by atoms with Gasteiger partial charge in [0.15, 0.2) is 0 Å². The van der Waals surface area contributed by atoms with Crippen molar-refractivity contribution >= 4 is 17.8 Å². The molecular weight excluding hydrogens is 212 g/mol. The van der Waals surface area contributed by atoms with Crippen LogP contribution in [0.4, 0.5) is 0 Å². The van der Waals surface area contributed by atoms with Gasteiger partial charge in [0.1, 0.15) is 12.5 Å². The van der Waals surface area contributed by atoms with Crippen molar-refractivity contribution in [3.05, 3.63) is 0 Å². The zero-order valence-corrected chi connectivity index (χ0v) is 9.27. The first kappa shape index (κ1) is 12.5. The summed E-state index contributed by atoms with van der Waals surface area (Å²) in [6.45, 7) is 2.39. The highest BCUT2D eigenvalue weighted by Crippen LogP contribution is 2.17. The summed E-state index contributed by atoms with van der Waals surface area (Å²) in [4.78, 5) is 35.2. The maximum atomic E-state index is 11.7. The van der Waals surface area contributed by atoms with Gasteiger partial charge in [-0.25, -0.2) is 0 Å². The average molecular weight is 228 g/mol. The lowest BCUT2D eigenvalue weighted by molar-refractivity contribution is -0.150. The Morgan fingerprint density at radius 1 is 1.44 bits per heavy atom. The molecule has 0 saturated carbocycles. The van der Waals surface area contributed by atoms with Crippen LogP contribution < -0.4 is 5.73 Å². The van der Waals surface area contributed by atoms with Crippen LogP contribution in [0.1, 0.15) is 26.2 Å². The Morgan fingerprint density at radius 2 is 2.12 bits per heavy atom. The van der Waals surface area contributed by atoms with E-state index in [-0.39, 0.29) is 18.9 Å². The molecule has 6 heteroatoms. The summed E-state index contributed by atoms with van der Waals surface area (Å²) in [5.74, 6) is -1.47. The van der Waals surface area contributed by atoms with Crippen molar-refractivity contribution in [2.45, 2.75) is 32.2 Å². The fourth-order valence-electron chi connectivity index (χ4n) is 1.80. The Hall–Kier alpha value is -1.59. The largest absolute Gasteiger partial charge is 0.466 e. The zero-order valence-electron chi connectivity index (χ0n) is 9.27. The molecule has 0 bridgehead atoms. The van der Waals surface area contributed by atoms with E-state index in [0.717, 1.165) is 6.42 Å². The molecule has 0 spiro atoms. The summed E-state index contributed by atoms with van der Waals surface area (Å²) < 4.78 is 4.67. The molecule has 1 aliphatic heterocycles. The number of carbonyl (C=O) groups excluding carboxylic acids is 3. The van der Waals surface area contributed by atoms with E-state index in [2.05, 4.69) is 4.74 Å². The summed E-state index contributed by atoms with van der Waals surface area (Å²) in [5.41, 5.74) is 5.17. The maximum Gasteiger partial charge on any atom is 0.315 e. The standard InChI is InChI=1S/C10H16N2O4/c1-2-16-9(14)6-8(13)12-5-3-4-7(12)10(11)15/h7H,2-6H2,1H3,(H2,11,15). The second-order valence-electron chi connectivity index (χ2n) is 3.63. The Bertz CT molecular complexity index is 303. The predicted octanol–water partition coefficient (Wildman–Crippen LogP) is -0.584. The first-order chi connectivity index (χ1) is 7.56. The van der Waals surface area contributed by atoms with Crippen LogP contribution in [0.25, 0.3) is 0 Å². The fourth-order valence-corrected chi connectivity index (χ4v) is 1.80. The van der Waals surface area contributed by atoms with Gasteiger partial charge in [-0.15, -0.1) is 0 Å². The van der Waals surface area contributed by atoms with E-state index in [1.165, 1.54) is 4.90 Å². The molecule has 1 atom stereocenters. The fraction of sp³-hybridized carbons (Fsp3) is 0.700. The minimum atomic E-state index is -0.568.